The van der Waals surface area contributed by atoms with Gasteiger partial charge in [0.15, 0.2) is 0 Å². The molecule has 5 rings (SSSR count). The van der Waals surface area contributed by atoms with Crippen molar-refractivity contribution >= 4 is 12.4 Å². The van der Waals surface area contributed by atoms with Crippen LogP contribution in [0.15, 0.2) is 11.6 Å². The molecule has 1 aliphatic heterocycles. The van der Waals surface area contributed by atoms with E-state index in [-0.39, 0.29) is 41.0 Å². The van der Waals surface area contributed by atoms with Crippen molar-refractivity contribution < 1.29 is 24.2 Å². The lowest BCUT2D eigenvalue weighted by Gasteiger charge is -2.58. The Bertz CT molecular complexity index is 782. The number of amides is 1. The summed E-state index contributed by atoms with van der Waals surface area (Å²) >= 11 is 0. The molecular formula is C24H35NO5. The van der Waals surface area contributed by atoms with E-state index in [1.807, 2.05) is 0 Å². The number of hydrogen-bond donors (Lipinski definition) is 2. The molecule has 5 aliphatic rings. The lowest BCUT2D eigenvalue weighted by molar-refractivity contribution is -0.118. The quantitative estimate of drug-likeness (QED) is 0.419. The number of nitrogens with one attached hydrogen (secondary N) is 1. The van der Waals surface area contributed by atoms with Gasteiger partial charge in [0.2, 0.25) is 0 Å². The van der Waals surface area contributed by atoms with Crippen molar-refractivity contribution in [2.45, 2.75) is 77.3 Å². The Kier molecular flexibility index (Phi) is 4.64. The maximum Gasteiger partial charge on any atom is 0.407 e. The van der Waals surface area contributed by atoms with Gasteiger partial charge in [-0.2, -0.15) is 0 Å². The van der Waals surface area contributed by atoms with Crippen molar-refractivity contribution in [2.75, 3.05) is 7.05 Å². The molecule has 0 aromatic rings. The number of alkyl carbamates (subject to hydrolysis) is 1. The summed E-state index contributed by atoms with van der Waals surface area (Å²) in [6.07, 6.45) is 6.98. The van der Waals surface area contributed by atoms with Gasteiger partial charge in [-0.15, -0.1) is 0 Å². The van der Waals surface area contributed by atoms with Crippen LogP contribution in [0.25, 0.3) is 0 Å². The fourth-order valence-electron chi connectivity index (χ4n) is 8.30. The van der Waals surface area contributed by atoms with Crippen LogP contribution in [0, 0.1) is 40.4 Å². The highest BCUT2D eigenvalue weighted by molar-refractivity contribution is 5.67. The predicted octanol–water partition coefficient (Wildman–Crippen LogP) is 3.08. The molecule has 1 heterocycles. The van der Waals surface area contributed by atoms with E-state index in [1.54, 1.807) is 7.05 Å². The second-order valence-electron chi connectivity index (χ2n) is 10.9. The van der Waals surface area contributed by atoms with E-state index in [0.717, 1.165) is 32.0 Å². The summed E-state index contributed by atoms with van der Waals surface area (Å²) in [4.78, 5) is 23.9. The lowest BCUT2D eigenvalue weighted by Crippen LogP contribution is -2.58. The monoisotopic (exact) mass is 417 g/mol. The van der Waals surface area contributed by atoms with Crippen LogP contribution in [0.3, 0.4) is 0 Å². The number of epoxide rings is 1. The van der Waals surface area contributed by atoms with Gasteiger partial charge in [0.1, 0.15) is 18.5 Å². The minimum Gasteiger partial charge on any atom is -0.442 e. The molecule has 6 heteroatoms. The molecule has 0 aromatic heterocycles. The lowest BCUT2D eigenvalue weighted by atomic mass is 9.46. The van der Waals surface area contributed by atoms with Gasteiger partial charge in [-0.25, -0.2) is 4.79 Å². The molecule has 2 N–H and O–H groups in total. The molecule has 0 aromatic carbocycles. The number of carbonyl (C=O) groups excluding carboxylic acids is 2. The van der Waals surface area contributed by atoms with E-state index >= 15 is 0 Å². The zero-order valence-corrected chi connectivity index (χ0v) is 18.5. The Labute approximate surface area is 178 Å². The number of carbonyl (C=O) groups is 2. The zero-order chi connectivity index (χ0) is 21.4. The van der Waals surface area contributed by atoms with E-state index in [4.69, 9.17) is 9.47 Å². The minimum atomic E-state index is -0.468. The molecule has 0 radical (unpaired) electrons. The number of aldehydes is 1. The maximum atomic E-state index is 12.2. The van der Waals surface area contributed by atoms with E-state index < -0.39 is 12.2 Å². The third-order valence-electron chi connectivity index (χ3n) is 9.83. The number of ether oxygens (including phenoxy) is 2. The summed E-state index contributed by atoms with van der Waals surface area (Å²) in [6, 6.07) is 0. The minimum absolute atomic E-state index is 0.0519. The SMILES string of the molecule is CNC(=O)O[C@@H]1C=C2C[C@@H](O)[C@@H]3O[C@@H]3[C@]2(C)[C@H]2CC[C@]3(C)[C@@H](C(C)C=O)CC[C@H]3[C@H]12. The topological polar surface area (TPSA) is 88.2 Å². The molecule has 4 aliphatic carbocycles. The number of aliphatic hydroxyl groups is 1. The van der Waals surface area contributed by atoms with Gasteiger partial charge in [-0.1, -0.05) is 26.3 Å². The van der Waals surface area contributed by atoms with E-state index in [0.29, 0.717) is 24.2 Å². The Morgan fingerprint density at radius 2 is 2.10 bits per heavy atom. The van der Waals surface area contributed by atoms with Gasteiger partial charge >= 0.3 is 6.09 Å². The Morgan fingerprint density at radius 3 is 2.80 bits per heavy atom. The molecule has 1 saturated heterocycles. The summed E-state index contributed by atoms with van der Waals surface area (Å²) < 4.78 is 11.9. The van der Waals surface area contributed by atoms with Crippen LogP contribution in [0.5, 0.6) is 0 Å². The van der Waals surface area contributed by atoms with Crippen molar-refractivity contribution in [1.29, 1.82) is 0 Å². The highest BCUT2D eigenvalue weighted by Gasteiger charge is 2.69. The summed E-state index contributed by atoms with van der Waals surface area (Å²) in [7, 11) is 1.59. The summed E-state index contributed by atoms with van der Waals surface area (Å²) in [6.45, 7) is 6.73. The van der Waals surface area contributed by atoms with Crippen molar-refractivity contribution in [3.05, 3.63) is 11.6 Å². The van der Waals surface area contributed by atoms with Crippen LogP contribution >= 0.6 is 0 Å². The molecule has 1 amide bonds. The van der Waals surface area contributed by atoms with Gasteiger partial charge in [0, 0.05) is 24.3 Å². The zero-order valence-electron chi connectivity index (χ0n) is 18.5. The van der Waals surface area contributed by atoms with Crippen molar-refractivity contribution in [1.82, 2.24) is 5.32 Å². The second-order valence-corrected chi connectivity index (χ2v) is 10.9. The first-order valence-electron chi connectivity index (χ1n) is 11.6. The van der Waals surface area contributed by atoms with E-state index in [9.17, 15) is 14.7 Å². The molecule has 4 fully saturated rings. The normalized spacial score (nSPS) is 52.0. The highest BCUT2D eigenvalue weighted by Crippen LogP contribution is 2.69. The van der Waals surface area contributed by atoms with Gasteiger partial charge < -0.3 is 24.7 Å². The molecule has 1 unspecified atom stereocenters. The third kappa shape index (κ3) is 2.62. The molecule has 0 bridgehead atoms. The molecule has 11 atom stereocenters. The maximum absolute atomic E-state index is 12.2. The second kappa shape index (κ2) is 6.80. The van der Waals surface area contributed by atoms with Gasteiger partial charge in [-0.05, 0) is 61.3 Å². The first-order chi connectivity index (χ1) is 14.3. The first-order valence-corrected chi connectivity index (χ1v) is 11.6. The van der Waals surface area contributed by atoms with Crippen LogP contribution in [0.4, 0.5) is 4.79 Å². The van der Waals surface area contributed by atoms with Crippen LogP contribution in [-0.4, -0.2) is 48.9 Å². The molecule has 166 valence electrons. The number of fused-ring (bicyclic) bond motifs is 7. The third-order valence-corrected chi connectivity index (χ3v) is 9.83. The molecular weight excluding hydrogens is 382 g/mol. The largest absolute Gasteiger partial charge is 0.442 e. The predicted molar refractivity (Wildman–Crippen MR) is 111 cm³/mol. The van der Waals surface area contributed by atoms with Crippen LogP contribution in [-0.2, 0) is 14.3 Å². The van der Waals surface area contributed by atoms with Gasteiger partial charge in [0.05, 0.1) is 12.2 Å². The van der Waals surface area contributed by atoms with E-state index in [1.165, 1.54) is 5.57 Å². The van der Waals surface area contributed by atoms with Crippen molar-refractivity contribution in [2.24, 2.45) is 40.4 Å². The van der Waals surface area contributed by atoms with Crippen molar-refractivity contribution in [3.8, 4) is 0 Å². The van der Waals surface area contributed by atoms with E-state index in [2.05, 4.69) is 32.2 Å². The number of hydrogen-bond acceptors (Lipinski definition) is 5. The standard InChI is InChI=1S/C24H35NO5/c1-12(11-26)14-5-6-15-19-16(7-8-23(14,15)2)24(3)13(9-17(27)20-21(24)30-20)10-18(19)29-22(28)25-4/h10-12,14-21,27H,5-9H2,1-4H3,(H,25,28)/t12?,14-,15+,16+,17-,18-,19+,20+,21+,23-,24+/m1/s1. The fourth-order valence-corrected chi connectivity index (χ4v) is 8.30. The van der Waals surface area contributed by atoms with Crippen LogP contribution in [0.1, 0.15) is 52.9 Å². The average Bonchev–Trinajstić information content (AvgIpc) is 3.47. The highest BCUT2D eigenvalue weighted by atomic mass is 16.6. The molecule has 3 saturated carbocycles. The Hall–Kier alpha value is -1.40. The Balaban J connectivity index is 1.56. The number of aliphatic hydroxyl groups excluding tert-OH is 1. The van der Waals surface area contributed by atoms with Gasteiger partial charge in [-0.3, -0.25) is 0 Å². The average molecular weight is 418 g/mol. The molecule has 30 heavy (non-hydrogen) atoms. The first kappa shape index (κ1) is 20.5. The van der Waals surface area contributed by atoms with Gasteiger partial charge in [0.25, 0.3) is 0 Å². The summed E-state index contributed by atoms with van der Waals surface area (Å²) in [5.41, 5.74) is 1.18. The molecule has 0 spiro atoms. The van der Waals surface area contributed by atoms with Crippen molar-refractivity contribution in [3.63, 3.8) is 0 Å². The van der Waals surface area contributed by atoms with Crippen LogP contribution < -0.4 is 5.32 Å². The molecule has 6 nitrogen and oxygen atoms in total. The number of rotatable bonds is 3. The summed E-state index contributed by atoms with van der Waals surface area (Å²) in [5.74, 6) is 1.44. The fraction of sp³-hybridized carbons (Fsp3) is 0.833. The summed E-state index contributed by atoms with van der Waals surface area (Å²) in [5, 5.41) is 13.1. The smallest absolute Gasteiger partial charge is 0.407 e. The Morgan fingerprint density at radius 1 is 1.33 bits per heavy atom. The van der Waals surface area contributed by atoms with Crippen LogP contribution in [0.2, 0.25) is 0 Å².